The van der Waals surface area contributed by atoms with Crippen molar-refractivity contribution in [3.8, 4) is 5.88 Å². The second kappa shape index (κ2) is 8.37. The summed E-state index contributed by atoms with van der Waals surface area (Å²) >= 11 is 1.54. The van der Waals surface area contributed by atoms with Crippen molar-refractivity contribution in [2.45, 2.75) is 25.9 Å². The number of methoxy groups -OCH3 is 1. The van der Waals surface area contributed by atoms with Crippen molar-refractivity contribution in [2.75, 3.05) is 32.1 Å². The fraction of sp³-hybridized carbons (Fsp3) is 0.471. The lowest BCUT2D eigenvalue weighted by molar-refractivity contribution is -0.114. The topological polar surface area (TPSA) is 79.4 Å². The van der Waals surface area contributed by atoms with Gasteiger partial charge < -0.3 is 15.4 Å². The Kier molecular flexibility index (Phi) is 5.95. The van der Waals surface area contributed by atoms with Crippen LogP contribution in [0.3, 0.4) is 0 Å². The van der Waals surface area contributed by atoms with Gasteiger partial charge in [0.05, 0.1) is 7.11 Å². The molecule has 2 aromatic rings. The normalized spacial score (nSPS) is 18.1. The van der Waals surface area contributed by atoms with Gasteiger partial charge in [-0.3, -0.25) is 9.69 Å². The molecular formula is C17H23N5O2S. The molecule has 1 atom stereocenters. The van der Waals surface area contributed by atoms with Crippen LogP contribution in [-0.2, 0) is 17.8 Å². The number of carbonyl (C=O) groups excluding carboxylic acids is 1. The zero-order valence-electron chi connectivity index (χ0n) is 14.5. The SMILES string of the molecule is COc1cc(C[C@@H]2CN(Cc3cnc(NC(C)=O)s3)CCN2)ccn1. The fourth-order valence-corrected chi connectivity index (χ4v) is 3.86. The Bertz CT molecular complexity index is 721. The van der Waals surface area contributed by atoms with Crippen LogP contribution in [0.1, 0.15) is 17.4 Å². The van der Waals surface area contributed by atoms with Crippen LogP contribution < -0.4 is 15.4 Å². The van der Waals surface area contributed by atoms with E-state index in [2.05, 4.69) is 25.5 Å². The summed E-state index contributed by atoms with van der Waals surface area (Å²) < 4.78 is 5.20. The molecule has 0 aliphatic carbocycles. The van der Waals surface area contributed by atoms with E-state index >= 15 is 0 Å². The van der Waals surface area contributed by atoms with Crippen LogP contribution in [0.5, 0.6) is 5.88 Å². The number of rotatable bonds is 6. The molecule has 1 amide bonds. The highest BCUT2D eigenvalue weighted by molar-refractivity contribution is 7.15. The molecule has 0 aromatic carbocycles. The molecule has 0 bridgehead atoms. The van der Waals surface area contributed by atoms with Gasteiger partial charge in [0, 0.05) is 62.5 Å². The van der Waals surface area contributed by atoms with Crippen molar-refractivity contribution in [2.24, 2.45) is 0 Å². The molecule has 0 unspecified atom stereocenters. The first-order valence-electron chi connectivity index (χ1n) is 8.29. The Morgan fingerprint density at radius 3 is 3.20 bits per heavy atom. The fourth-order valence-electron chi connectivity index (χ4n) is 2.96. The van der Waals surface area contributed by atoms with Crippen molar-refractivity contribution < 1.29 is 9.53 Å². The molecule has 0 saturated carbocycles. The molecule has 0 radical (unpaired) electrons. The first kappa shape index (κ1) is 17.8. The number of nitrogens with one attached hydrogen (secondary N) is 2. The lowest BCUT2D eigenvalue weighted by Gasteiger charge is -2.33. The first-order valence-corrected chi connectivity index (χ1v) is 9.11. The van der Waals surface area contributed by atoms with Gasteiger partial charge in [-0.1, -0.05) is 0 Å². The summed E-state index contributed by atoms with van der Waals surface area (Å²) in [6, 6.07) is 4.42. The van der Waals surface area contributed by atoms with Crippen molar-refractivity contribution in [1.29, 1.82) is 0 Å². The molecule has 7 nitrogen and oxygen atoms in total. The third-order valence-corrected chi connectivity index (χ3v) is 4.94. The molecule has 3 heterocycles. The van der Waals surface area contributed by atoms with Gasteiger partial charge in [0.15, 0.2) is 5.13 Å². The van der Waals surface area contributed by atoms with Gasteiger partial charge in [-0.15, -0.1) is 11.3 Å². The molecule has 1 aliphatic rings. The minimum absolute atomic E-state index is 0.0871. The van der Waals surface area contributed by atoms with E-state index in [9.17, 15) is 4.79 Å². The highest BCUT2D eigenvalue weighted by Gasteiger charge is 2.20. The zero-order valence-corrected chi connectivity index (χ0v) is 15.3. The average molecular weight is 361 g/mol. The van der Waals surface area contributed by atoms with E-state index in [4.69, 9.17) is 4.74 Å². The number of thiazole rings is 1. The van der Waals surface area contributed by atoms with Crippen LogP contribution in [0.4, 0.5) is 5.13 Å². The maximum absolute atomic E-state index is 11.1. The van der Waals surface area contributed by atoms with E-state index in [0.29, 0.717) is 17.1 Å². The van der Waals surface area contributed by atoms with Gasteiger partial charge in [-0.2, -0.15) is 0 Å². The standard InChI is InChI=1S/C17H23N5O2S/c1-12(23)21-17-20-9-15(25-17)11-22-6-5-18-14(10-22)7-13-3-4-19-16(8-13)24-2/h3-4,8-9,14,18H,5-7,10-11H2,1-2H3,(H,20,21,23)/t14-/m1/s1. The Morgan fingerprint density at radius 1 is 1.52 bits per heavy atom. The van der Waals surface area contributed by atoms with E-state index < -0.39 is 0 Å². The summed E-state index contributed by atoms with van der Waals surface area (Å²) in [4.78, 5) is 23.1. The van der Waals surface area contributed by atoms with E-state index in [1.165, 1.54) is 23.8 Å². The van der Waals surface area contributed by atoms with Crippen molar-refractivity contribution in [3.63, 3.8) is 0 Å². The second-order valence-corrected chi connectivity index (χ2v) is 7.22. The van der Waals surface area contributed by atoms with Gasteiger partial charge >= 0.3 is 0 Å². The van der Waals surface area contributed by atoms with Gasteiger partial charge in [0.2, 0.25) is 11.8 Å². The van der Waals surface area contributed by atoms with E-state index in [0.717, 1.165) is 37.5 Å². The van der Waals surface area contributed by atoms with Gasteiger partial charge in [-0.25, -0.2) is 9.97 Å². The summed E-state index contributed by atoms with van der Waals surface area (Å²) in [5, 5.41) is 6.98. The van der Waals surface area contributed by atoms with E-state index in [1.807, 2.05) is 18.3 Å². The third kappa shape index (κ3) is 5.22. The third-order valence-electron chi connectivity index (χ3n) is 4.05. The number of piperazine rings is 1. The maximum atomic E-state index is 11.1. The summed E-state index contributed by atoms with van der Waals surface area (Å²) in [6.07, 6.45) is 4.57. The second-order valence-electron chi connectivity index (χ2n) is 6.11. The summed E-state index contributed by atoms with van der Waals surface area (Å²) in [7, 11) is 1.64. The summed E-state index contributed by atoms with van der Waals surface area (Å²) in [6.45, 7) is 5.29. The Hall–Kier alpha value is -2.03. The number of anilines is 1. The molecule has 1 saturated heterocycles. The van der Waals surface area contributed by atoms with Crippen LogP contribution in [0.25, 0.3) is 0 Å². The zero-order chi connectivity index (χ0) is 17.6. The Morgan fingerprint density at radius 2 is 2.40 bits per heavy atom. The lowest BCUT2D eigenvalue weighted by atomic mass is 10.0. The van der Waals surface area contributed by atoms with Crippen molar-refractivity contribution in [1.82, 2.24) is 20.2 Å². The number of hydrogen-bond acceptors (Lipinski definition) is 7. The van der Waals surface area contributed by atoms with Crippen LogP contribution in [0.2, 0.25) is 0 Å². The number of amides is 1. The largest absolute Gasteiger partial charge is 0.481 e. The first-order chi connectivity index (χ1) is 12.1. The lowest BCUT2D eigenvalue weighted by Crippen LogP contribution is -2.51. The molecule has 1 aliphatic heterocycles. The molecule has 1 fully saturated rings. The monoisotopic (exact) mass is 361 g/mol. The Labute approximate surface area is 151 Å². The smallest absolute Gasteiger partial charge is 0.223 e. The molecule has 8 heteroatoms. The molecule has 0 spiro atoms. The predicted octanol–water partition coefficient (Wildman–Crippen LogP) is 1.52. The number of pyridine rings is 1. The number of carbonyl (C=O) groups is 1. The van der Waals surface area contributed by atoms with Crippen LogP contribution >= 0.6 is 11.3 Å². The van der Waals surface area contributed by atoms with Gasteiger partial charge in [-0.05, 0) is 18.1 Å². The van der Waals surface area contributed by atoms with Crippen molar-refractivity contribution >= 4 is 22.4 Å². The van der Waals surface area contributed by atoms with Crippen LogP contribution in [0, 0.1) is 0 Å². The quantitative estimate of drug-likeness (QED) is 0.812. The molecule has 2 N–H and O–H groups in total. The van der Waals surface area contributed by atoms with E-state index in [1.54, 1.807) is 13.3 Å². The number of hydrogen-bond donors (Lipinski definition) is 2. The number of ether oxygens (including phenoxy) is 1. The summed E-state index contributed by atoms with van der Waals surface area (Å²) in [5.74, 6) is 0.566. The Balaban J connectivity index is 1.55. The number of aromatic nitrogens is 2. The van der Waals surface area contributed by atoms with E-state index in [-0.39, 0.29) is 5.91 Å². The molecular weight excluding hydrogens is 338 g/mol. The van der Waals surface area contributed by atoms with Gasteiger partial charge in [0.1, 0.15) is 0 Å². The highest BCUT2D eigenvalue weighted by Crippen LogP contribution is 2.20. The molecule has 134 valence electrons. The summed E-state index contributed by atoms with van der Waals surface area (Å²) in [5.41, 5.74) is 1.22. The average Bonchev–Trinajstić information content (AvgIpc) is 3.01. The van der Waals surface area contributed by atoms with Crippen LogP contribution in [0.15, 0.2) is 24.5 Å². The van der Waals surface area contributed by atoms with Crippen LogP contribution in [-0.4, -0.2) is 53.6 Å². The number of nitrogens with zero attached hydrogens (tertiary/aromatic N) is 3. The highest BCUT2D eigenvalue weighted by atomic mass is 32.1. The molecule has 25 heavy (non-hydrogen) atoms. The molecule has 3 rings (SSSR count). The minimum Gasteiger partial charge on any atom is -0.481 e. The minimum atomic E-state index is -0.0871. The molecule has 2 aromatic heterocycles. The predicted molar refractivity (Wildman–Crippen MR) is 98.0 cm³/mol. The van der Waals surface area contributed by atoms with Gasteiger partial charge in [0.25, 0.3) is 0 Å². The maximum Gasteiger partial charge on any atom is 0.223 e. The van der Waals surface area contributed by atoms with Crippen molar-refractivity contribution in [3.05, 3.63) is 35.0 Å².